The summed E-state index contributed by atoms with van der Waals surface area (Å²) in [5.74, 6) is -3.20. The minimum absolute atomic E-state index is 0.0144. The van der Waals surface area contributed by atoms with Crippen LogP contribution in [0.5, 0.6) is 0 Å². The summed E-state index contributed by atoms with van der Waals surface area (Å²) < 4.78 is 88.0. The minimum Gasteiger partial charge on any atom is -0.368 e. The van der Waals surface area contributed by atoms with E-state index >= 15 is 0 Å². The van der Waals surface area contributed by atoms with E-state index in [1.807, 2.05) is 0 Å². The lowest BCUT2D eigenvalue weighted by atomic mass is 9.87. The van der Waals surface area contributed by atoms with Gasteiger partial charge in [-0.05, 0) is 83.5 Å². The third kappa shape index (κ3) is 7.30. The standard InChI is InChI=1S/C25H36F6N2O4/c26-24(27,28)16-1-5-18(6-2-16)36-13-20(34)32-22-9-11-23(15-22,12-10-22)33-21(35)14-37-19-7-3-17(4-8-19)25(29,30)31/h16-19H,1-15H2,(H,32,34)(H,33,35). The Labute approximate surface area is 212 Å². The summed E-state index contributed by atoms with van der Waals surface area (Å²) in [6.07, 6.45) is -4.54. The van der Waals surface area contributed by atoms with Gasteiger partial charge < -0.3 is 20.1 Å². The number of hydrogen-bond acceptors (Lipinski definition) is 4. The predicted molar refractivity (Wildman–Crippen MR) is 120 cm³/mol. The highest BCUT2D eigenvalue weighted by Crippen LogP contribution is 2.50. The van der Waals surface area contributed by atoms with Gasteiger partial charge in [-0.2, -0.15) is 26.3 Å². The molecule has 4 aliphatic carbocycles. The third-order valence-corrected chi connectivity index (χ3v) is 8.82. The van der Waals surface area contributed by atoms with Crippen LogP contribution in [0.3, 0.4) is 0 Å². The number of carbonyl (C=O) groups is 2. The van der Waals surface area contributed by atoms with E-state index in [1.165, 1.54) is 0 Å². The molecule has 37 heavy (non-hydrogen) atoms. The lowest BCUT2D eigenvalue weighted by Crippen LogP contribution is -2.48. The summed E-state index contributed by atoms with van der Waals surface area (Å²) in [4.78, 5) is 25.1. The van der Waals surface area contributed by atoms with Crippen LogP contribution in [-0.4, -0.2) is 60.7 Å². The molecule has 4 rings (SSSR count). The van der Waals surface area contributed by atoms with E-state index in [4.69, 9.17) is 9.47 Å². The Hall–Kier alpha value is -1.56. The number of halogens is 6. The van der Waals surface area contributed by atoms with Gasteiger partial charge in [-0.3, -0.25) is 9.59 Å². The SMILES string of the molecule is O=C(COC1CCC(C(F)(F)F)CC1)NC12CCC(NC(=O)COC3CCC(C(F)(F)F)CC3)(CC1)C2. The van der Waals surface area contributed by atoms with Crippen LogP contribution in [0.4, 0.5) is 26.3 Å². The van der Waals surface area contributed by atoms with E-state index in [1.54, 1.807) is 0 Å². The highest BCUT2D eigenvalue weighted by Gasteiger charge is 2.55. The molecule has 0 aliphatic heterocycles. The highest BCUT2D eigenvalue weighted by molar-refractivity contribution is 5.79. The van der Waals surface area contributed by atoms with Crippen LogP contribution >= 0.6 is 0 Å². The Bertz CT molecular complexity index is 743. The van der Waals surface area contributed by atoms with E-state index in [2.05, 4.69) is 10.6 Å². The fourth-order valence-corrected chi connectivity index (χ4v) is 6.71. The third-order valence-electron chi connectivity index (χ3n) is 8.82. The lowest BCUT2D eigenvalue weighted by Gasteiger charge is -2.31. The average molecular weight is 543 g/mol. The van der Waals surface area contributed by atoms with Crippen LogP contribution in [0.2, 0.25) is 0 Å². The first-order valence-corrected chi connectivity index (χ1v) is 13.3. The first-order chi connectivity index (χ1) is 17.3. The summed E-state index contributed by atoms with van der Waals surface area (Å²) in [6, 6.07) is 0. The quantitative estimate of drug-likeness (QED) is 0.426. The minimum atomic E-state index is -4.18. The van der Waals surface area contributed by atoms with Crippen molar-refractivity contribution in [2.75, 3.05) is 13.2 Å². The molecule has 2 bridgehead atoms. The van der Waals surface area contributed by atoms with Crippen LogP contribution in [-0.2, 0) is 19.1 Å². The Kier molecular flexibility index (Phi) is 8.38. The van der Waals surface area contributed by atoms with E-state index in [9.17, 15) is 35.9 Å². The van der Waals surface area contributed by atoms with Crippen molar-refractivity contribution in [3.8, 4) is 0 Å². The number of rotatable bonds is 8. The van der Waals surface area contributed by atoms with Crippen LogP contribution in [0.15, 0.2) is 0 Å². The zero-order valence-electron chi connectivity index (χ0n) is 20.8. The van der Waals surface area contributed by atoms with E-state index in [0.29, 0.717) is 32.1 Å². The van der Waals surface area contributed by atoms with Gasteiger partial charge in [0.1, 0.15) is 13.2 Å². The maximum atomic E-state index is 12.8. The molecule has 0 heterocycles. The number of carbonyl (C=O) groups excluding carboxylic acids is 2. The smallest absolute Gasteiger partial charge is 0.368 e. The summed E-state index contributed by atoms with van der Waals surface area (Å²) >= 11 is 0. The summed E-state index contributed by atoms with van der Waals surface area (Å²) in [5.41, 5.74) is -0.892. The molecule has 2 N–H and O–H groups in total. The molecular formula is C25H36F6N2O4. The van der Waals surface area contributed by atoms with Gasteiger partial charge in [-0.1, -0.05) is 0 Å². The zero-order chi connectivity index (χ0) is 26.9. The molecule has 0 unspecified atom stereocenters. The molecule has 4 fully saturated rings. The Morgan fingerprint density at radius 1 is 0.622 bits per heavy atom. The molecule has 0 aromatic rings. The maximum absolute atomic E-state index is 12.8. The fourth-order valence-electron chi connectivity index (χ4n) is 6.71. The highest BCUT2D eigenvalue weighted by atomic mass is 19.4. The number of amides is 2. The van der Waals surface area contributed by atoms with Crippen molar-refractivity contribution in [2.24, 2.45) is 11.8 Å². The van der Waals surface area contributed by atoms with Crippen LogP contribution in [0.1, 0.15) is 83.5 Å². The van der Waals surface area contributed by atoms with Gasteiger partial charge in [0.25, 0.3) is 0 Å². The molecule has 0 aromatic heterocycles. The molecule has 12 heteroatoms. The molecule has 4 aliphatic rings. The second kappa shape index (κ2) is 10.9. The van der Waals surface area contributed by atoms with Crippen molar-refractivity contribution in [1.82, 2.24) is 10.6 Å². The van der Waals surface area contributed by atoms with Gasteiger partial charge in [0, 0.05) is 11.1 Å². The molecule has 6 nitrogen and oxygen atoms in total. The number of hydrogen-bond donors (Lipinski definition) is 2. The van der Waals surface area contributed by atoms with Crippen molar-refractivity contribution < 1.29 is 45.4 Å². The molecule has 0 atom stereocenters. The molecule has 0 radical (unpaired) electrons. The summed E-state index contributed by atoms with van der Waals surface area (Å²) in [5, 5.41) is 6.07. The lowest BCUT2D eigenvalue weighted by molar-refractivity contribution is -0.188. The van der Waals surface area contributed by atoms with E-state index in [-0.39, 0.29) is 88.6 Å². The molecule has 212 valence electrons. The molecule has 0 aromatic carbocycles. The maximum Gasteiger partial charge on any atom is 0.391 e. The number of ether oxygens (including phenoxy) is 2. The van der Waals surface area contributed by atoms with Gasteiger partial charge in [-0.15, -0.1) is 0 Å². The first-order valence-electron chi connectivity index (χ1n) is 13.3. The number of alkyl halides is 6. The summed E-state index contributed by atoms with van der Waals surface area (Å²) in [7, 11) is 0. The van der Waals surface area contributed by atoms with Crippen LogP contribution in [0.25, 0.3) is 0 Å². The van der Waals surface area contributed by atoms with Gasteiger partial charge in [0.05, 0.1) is 24.0 Å². The van der Waals surface area contributed by atoms with Crippen molar-refractivity contribution in [3.63, 3.8) is 0 Å². The average Bonchev–Trinajstić information content (AvgIpc) is 3.36. The Morgan fingerprint density at radius 2 is 0.946 bits per heavy atom. The molecule has 2 amide bonds. The second-order valence-corrected chi connectivity index (χ2v) is 11.5. The van der Waals surface area contributed by atoms with Gasteiger partial charge >= 0.3 is 12.4 Å². The largest absolute Gasteiger partial charge is 0.391 e. The normalized spacial score (nSPS) is 36.4. The first kappa shape index (κ1) is 28.4. The fraction of sp³-hybridized carbons (Fsp3) is 0.920. The van der Waals surface area contributed by atoms with Gasteiger partial charge in [0.15, 0.2) is 0 Å². The Morgan fingerprint density at radius 3 is 1.24 bits per heavy atom. The van der Waals surface area contributed by atoms with Crippen LogP contribution in [0, 0.1) is 11.8 Å². The monoisotopic (exact) mass is 542 g/mol. The second-order valence-electron chi connectivity index (χ2n) is 11.5. The van der Waals surface area contributed by atoms with Crippen LogP contribution < -0.4 is 10.6 Å². The predicted octanol–water partition coefficient (Wildman–Crippen LogP) is 4.95. The summed E-state index contributed by atoms with van der Waals surface area (Å²) in [6.45, 7) is -0.403. The molecular weight excluding hydrogens is 506 g/mol. The van der Waals surface area contributed by atoms with E-state index < -0.39 is 35.3 Å². The van der Waals surface area contributed by atoms with E-state index in [0.717, 1.165) is 0 Å². The topological polar surface area (TPSA) is 76.7 Å². The van der Waals surface area contributed by atoms with Crippen molar-refractivity contribution >= 4 is 11.8 Å². The molecule has 0 saturated heterocycles. The van der Waals surface area contributed by atoms with Crippen molar-refractivity contribution in [3.05, 3.63) is 0 Å². The van der Waals surface area contributed by atoms with Crippen molar-refractivity contribution in [1.29, 1.82) is 0 Å². The van der Waals surface area contributed by atoms with Gasteiger partial charge in [-0.25, -0.2) is 0 Å². The molecule has 0 spiro atoms. The van der Waals surface area contributed by atoms with Crippen molar-refractivity contribution in [2.45, 2.75) is 119 Å². The number of nitrogens with one attached hydrogen (secondary N) is 2. The Balaban J connectivity index is 1.14. The number of fused-ring (bicyclic) bond motifs is 2. The zero-order valence-corrected chi connectivity index (χ0v) is 20.8. The molecule has 4 saturated carbocycles. The van der Waals surface area contributed by atoms with Gasteiger partial charge in [0.2, 0.25) is 11.8 Å².